The molecular weight excluding hydrogens is 284 g/mol. The number of hydrogen-bond acceptors (Lipinski definition) is 3. The van der Waals surface area contributed by atoms with E-state index in [1.807, 2.05) is 49.5 Å². The van der Waals surface area contributed by atoms with Gasteiger partial charge in [-0.1, -0.05) is 50.2 Å². The van der Waals surface area contributed by atoms with Crippen molar-refractivity contribution in [2.45, 2.75) is 45.3 Å². The summed E-state index contributed by atoms with van der Waals surface area (Å²) in [7, 11) is 0. The number of benzene rings is 1. The number of hydrogen-bond donors (Lipinski definition) is 2. The maximum Gasteiger partial charge on any atom is 0.0752 e. The molecule has 3 heteroatoms. The molecule has 23 heavy (non-hydrogen) atoms. The first-order chi connectivity index (χ1) is 11.0. The van der Waals surface area contributed by atoms with E-state index in [0.717, 1.165) is 24.1 Å². The third-order valence-corrected chi connectivity index (χ3v) is 4.06. The molecule has 2 unspecified atom stereocenters. The number of rotatable bonds is 8. The van der Waals surface area contributed by atoms with Crippen LogP contribution in [0.15, 0.2) is 54.7 Å². The van der Waals surface area contributed by atoms with Gasteiger partial charge in [-0.2, -0.15) is 0 Å². The SMILES string of the molecule is CC(C)CCC(C)(O)CNC(c1ccccc1)c1ccccn1. The smallest absolute Gasteiger partial charge is 0.0752 e. The zero-order valence-corrected chi connectivity index (χ0v) is 14.4. The van der Waals surface area contributed by atoms with Crippen molar-refractivity contribution in [3.05, 3.63) is 66.0 Å². The number of aromatic nitrogens is 1. The van der Waals surface area contributed by atoms with Crippen molar-refractivity contribution in [1.29, 1.82) is 0 Å². The molecule has 1 aromatic carbocycles. The molecule has 0 aliphatic carbocycles. The average molecular weight is 312 g/mol. The number of aliphatic hydroxyl groups is 1. The van der Waals surface area contributed by atoms with E-state index in [0.29, 0.717) is 12.5 Å². The molecule has 0 aliphatic heterocycles. The summed E-state index contributed by atoms with van der Waals surface area (Å²) < 4.78 is 0. The number of pyridine rings is 1. The van der Waals surface area contributed by atoms with Gasteiger partial charge in [0.05, 0.1) is 17.3 Å². The molecule has 0 radical (unpaired) electrons. The summed E-state index contributed by atoms with van der Waals surface area (Å²) in [5.74, 6) is 0.599. The zero-order chi connectivity index (χ0) is 16.7. The fourth-order valence-electron chi connectivity index (χ4n) is 2.60. The quantitative estimate of drug-likeness (QED) is 0.776. The molecule has 0 aliphatic rings. The molecule has 0 amide bonds. The van der Waals surface area contributed by atoms with Gasteiger partial charge < -0.3 is 10.4 Å². The van der Waals surface area contributed by atoms with Crippen molar-refractivity contribution in [2.75, 3.05) is 6.54 Å². The standard InChI is InChI=1S/C20H28N2O/c1-16(2)12-13-20(3,23)15-22-19(17-9-5-4-6-10-17)18-11-7-8-14-21-18/h4-11,14,16,19,22-23H,12-13,15H2,1-3H3. The van der Waals surface area contributed by atoms with E-state index in [1.165, 1.54) is 0 Å². The highest BCUT2D eigenvalue weighted by atomic mass is 16.3. The second-order valence-corrected chi connectivity index (χ2v) is 6.91. The summed E-state index contributed by atoms with van der Waals surface area (Å²) in [5.41, 5.74) is 1.41. The van der Waals surface area contributed by atoms with Gasteiger partial charge in [-0.3, -0.25) is 4.98 Å². The Labute approximate surface area is 139 Å². The van der Waals surface area contributed by atoms with Crippen molar-refractivity contribution < 1.29 is 5.11 Å². The van der Waals surface area contributed by atoms with E-state index in [2.05, 4.69) is 36.3 Å². The highest BCUT2D eigenvalue weighted by Gasteiger charge is 2.23. The predicted octanol–water partition coefficient (Wildman–Crippen LogP) is 3.95. The third-order valence-electron chi connectivity index (χ3n) is 4.06. The molecule has 1 heterocycles. The zero-order valence-electron chi connectivity index (χ0n) is 14.4. The number of nitrogens with zero attached hydrogens (tertiary/aromatic N) is 1. The van der Waals surface area contributed by atoms with Crippen LogP contribution in [0.5, 0.6) is 0 Å². The Morgan fingerprint density at radius 1 is 1.09 bits per heavy atom. The molecule has 3 nitrogen and oxygen atoms in total. The first-order valence-corrected chi connectivity index (χ1v) is 8.39. The fraction of sp³-hybridized carbons (Fsp3) is 0.450. The lowest BCUT2D eigenvalue weighted by atomic mass is 9.94. The second-order valence-electron chi connectivity index (χ2n) is 6.91. The third kappa shape index (κ3) is 5.77. The molecule has 0 spiro atoms. The van der Waals surface area contributed by atoms with Crippen LogP contribution in [-0.2, 0) is 0 Å². The molecule has 124 valence electrons. The summed E-state index contributed by atoms with van der Waals surface area (Å²) in [6, 6.07) is 16.2. The van der Waals surface area contributed by atoms with Crippen molar-refractivity contribution in [3.63, 3.8) is 0 Å². The van der Waals surface area contributed by atoms with Gasteiger partial charge >= 0.3 is 0 Å². The fourth-order valence-corrected chi connectivity index (χ4v) is 2.60. The van der Waals surface area contributed by atoms with E-state index >= 15 is 0 Å². The monoisotopic (exact) mass is 312 g/mol. The molecule has 0 saturated carbocycles. The minimum Gasteiger partial charge on any atom is -0.389 e. The van der Waals surface area contributed by atoms with Gasteiger partial charge in [0.25, 0.3) is 0 Å². The predicted molar refractivity (Wildman–Crippen MR) is 95.2 cm³/mol. The maximum atomic E-state index is 10.6. The van der Waals surface area contributed by atoms with Gasteiger partial charge in [0.1, 0.15) is 0 Å². The van der Waals surface area contributed by atoms with Crippen LogP contribution in [0.25, 0.3) is 0 Å². The van der Waals surface area contributed by atoms with Gasteiger partial charge in [0.15, 0.2) is 0 Å². The molecule has 2 rings (SSSR count). The van der Waals surface area contributed by atoms with Crippen LogP contribution in [0.1, 0.15) is 50.9 Å². The van der Waals surface area contributed by atoms with Crippen LogP contribution in [0, 0.1) is 5.92 Å². The first kappa shape index (κ1) is 17.6. The molecule has 2 aromatic rings. The molecular formula is C20H28N2O. The Hall–Kier alpha value is -1.71. The summed E-state index contributed by atoms with van der Waals surface area (Å²) >= 11 is 0. The molecule has 0 bridgehead atoms. The van der Waals surface area contributed by atoms with Crippen molar-refractivity contribution in [2.24, 2.45) is 5.92 Å². The van der Waals surface area contributed by atoms with Crippen LogP contribution in [0.4, 0.5) is 0 Å². The lowest BCUT2D eigenvalue weighted by Gasteiger charge is -2.28. The largest absolute Gasteiger partial charge is 0.389 e. The topological polar surface area (TPSA) is 45.1 Å². The van der Waals surface area contributed by atoms with E-state index in [4.69, 9.17) is 0 Å². The lowest BCUT2D eigenvalue weighted by molar-refractivity contribution is 0.0435. The maximum absolute atomic E-state index is 10.6. The molecule has 0 fully saturated rings. The highest BCUT2D eigenvalue weighted by molar-refractivity contribution is 5.27. The van der Waals surface area contributed by atoms with Crippen LogP contribution >= 0.6 is 0 Å². The van der Waals surface area contributed by atoms with Gasteiger partial charge in [-0.25, -0.2) is 0 Å². The van der Waals surface area contributed by atoms with Crippen LogP contribution in [0.2, 0.25) is 0 Å². The molecule has 0 saturated heterocycles. The van der Waals surface area contributed by atoms with Crippen LogP contribution in [-0.4, -0.2) is 22.2 Å². The second kappa shape index (κ2) is 8.23. The molecule has 2 atom stereocenters. The first-order valence-electron chi connectivity index (χ1n) is 8.39. The van der Waals surface area contributed by atoms with E-state index in [-0.39, 0.29) is 6.04 Å². The highest BCUT2D eigenvalue weighted by Crippen LogP contribution is 2.22. The van der Waals surface area contributed by atoms with Crippen LogP contribution in [0.3, 0.4) is 0 Å². The van der Waals surface area contributed by atoms with Gasteiger partial charge in [0.2, 0.25) is 0 Å². The van der Waals surface area contributed by atoms with Gasteiger partial charge in [-0.05, 0) is 43.4 Å². The molecule has 2 N–H and O–H groups in total. The van der Waals surface area contributed by atoms with E-state index in [1.54, 1.807) is 0 Å². The lowest BCUT2D eigenvalue weighted by Crippen LogP contribution is -2.40. The Morgan fingerprint density at radius 3 is 2.39 bits per heavy atom. The normalized spacial score (nSPS) is 15.3. The summed E-state index contributed by atoms with van der Waals surface area (Å²) in [6.07, 6.45) is 3.62. The van der Waals surface area contributed by atoms with Crippen LogP contribution < -0.4 is 5.32 Å². The van der Waals surface area contributed by atoms with Crippen molar-refractivity contribution in [1.82, 2.24) is 10.3 Å². The Kier molecular flexibility index (Phi) is 6.31. The van der Waals surface area contributed by atoms with Gasteiger partial charge in [-0.15, -0.1) is 0 Å². The van der Waals surface area contributed by atoms with Gasteiger partial charge in [0, 0.05) is 12.7 Å². The minimum absolute atomic E-state index is 0.0112. The Bertz CT molecular complexity index is 527. The Morgan fingerprint density at radius 2 is 1.78 bits per heavy atom. The van der Waals surface area contributed by atoms with Crippen molar-refractivity contribution in [3.8, 4) is 0 Å². The minimum atomic E-state index is -0.716. The summed E-state index contributed by atoms with van der Waals surface area (Å²) in [6.45, 7) is 6.81. The average Bonchev–Trinajstić information content (AvgIpc) is 2.55. The summed E-state index contributed by atoms with van der Waals surface area (Å²) in [4.78, 5) is 4.49. The van der Waals surface area contributed by atoms with E-state index < -0.39 is 5.60 Å². The van der Waals surface area contributed by atoms with Crippen molar-refractivity contribution >= 4 is 0 Å². The summed E-state index contributed by atoms with van der Waals surface area (Å²) in [5, 5.41) is 14.1. The number of nitrogens with one attached hydrogen (secondary N) is 1. The Balaban J connectivity index is 2.10. The van der Waals surface area contributed by atoms with E-state index in [9.17, 15) is 5.11 Å². The molecule has 1 aromatic heterocycles.